The van der Waals surface area contributed by atoms with E-state index >= 15 is 0 Å². The molecule has 0 aromatic heterocycles. The van der Waals surface area contributed by atoms with Crippen molar-refractivity contribution in [1.82, 2.24) is 0 Å². The molecule has 120 valence electrons. The van der Waals surface area contributed by atoms with Crippen molar-refractivity contribution in [2.45, 2.75) is 38.5 Å². The molecule has 0 aliphatic rings. The first-order chi connectivity index (χ1) is 8.83. The van der Waals surface area contributed by atoms with Gasteiger partial charge in [0.25, 0.3) is 10.1 Å². The number of aryl methyl sites for hydroxylation is 1. The van der Waals surface area contributed by atoms with Gasteiger partial charge in [-0.15, -0.1) is 0 Å². The van der Waals surface area contributed by atoms with E-state index in [0.717, 1.165) is 18.4 Å². The van der Waals surface area contributed by atoms with Crippen LogP contribution in [-0.4, -0.2) is 36.4 Å². The Labute approximate surface area is 132 Å². The van der Waals surface area contributed by atoms with Crippen LogP contribution in [0.15, 0.2) is 29.2 Å². The molecule has 1 aromatic rings. The predicted molar refractivity (Wildman–Crippen MR) is 75.7 cm³/mol. The molecule has 1 rings (SSSR count). The minimum Gasteiger partial charge on any atom is -0.397 e. The SMILES string of the molecule is CCCCO.CCO.Cc1ccc(S(=O)(=O)O)cc1.[Fe]. The molecule has 5 nitrogen and oxygen atoms in total. The van der Waals surface area contributed by atoms with Crippen LogP contribution in [0.25, 0.3) is 0 Å². The van der Waals surface area contributed by atoms with Crippen molar-refractivity contribution >= 4 is 10.1 Å². The molecule has 0 saturated carbocycles. The Kier molecular flexibility index (Phi) is 18.4. The fraction of sp³-hybridized carbons (Fsp3) is 0.538. The van der Waals surface area contributed by atoms with E-state index in [4.69, 9.17) is 14.8 Å². The maximum Gasteiger partial charge on any atom is 0.294 e. The molecule has 0 amide bonds. The summed E-state index contributed by atoms with van der Waals surface area (Å²) in [7, 11) is -4.02. The third-order valence-electron chi connectivity index (χ3n) is 1.83. The van der Waals surface area contributed by atoms with Crippen LogP contribution < -0.4 is 0 Å². The van der Waals surface area contributed by atoms with Gasteiger partial charge in [-0.25, -0.2) is 0 Å². The average Bonchev–Trinajstić information content (AvgIpc) is 2.31. The number of aliphatic hydroxyl groups excluding tert-OH is 2. The largest absolute Gasteiger partial charge is 0.397 e. The summed E-state index contributed by atoms with van der Waals surface area (Å²) in [5, 5.41) is 15.6. The quantitative estimate of drug-likeness (QED) is 0.574. The van der Waals surface area contributed by atoms with E-state index in [1.54, 1.807) is 19.1 Å². The van der Waals surface area contributed by atoms with Crippen molar-refractivity contribution in [1.29, 1.82) is 0 Å². The molecule has 1 aromatic carbocycles. The molecular weight excluding hydrogens is 324 g/mol. The molecule has 0 heterocycles. The first-order valence-electron chi connectivity index (χ1n) is 6.09. The van der Waals surface area contributed by atoms with E-state index in [9.17, 15) is 8.42 Å². The molecule has 0 unspecified atom stereocenters. The molecule has 0 fully saturated rings. The molecule has 0 saturated heterocycles. The summed E-state index contributed by atoms with van der Waals surface area (Å²) >= 11 is 0. The Morgan fingerprint density at radius 2 is 1.45 bits per heavy atom. The summed E-state index contributed by atoms with van der Waals surface area (Å²) in [5.41, 5.74) is 0.956. The molecule has 0 bridgehead atoms. The molecule has 0 radical (unpaired) electrons. The van der Waals surface area contributed by atoms with Gasteiger partial charge in [-0.05, 0) is 32.4 Å². The van der Waals surface area contributed by atoms with E-state index in [1.165, 1.54) is 12.1 Å². The van der Waals surface area contributed by atoms with Crippen LogP contribution in [0.4, 0.5) is 0 Å². The van der Waals surface area contributed by atoms with Crippen molar-refractivity contribution in [3.8, 4) is 0 Å². The monoisotopic (exact) mass is 348 g/mol. The minimum absolute atomic E-state index is 0. The van der Waals surface area contributed by atoms with Crippen LogP contribution in [0.5, 0.6) is 0 Å². The van der Waals surface area contributed by atoms with E-state index < -0.39 is 10.1 Å². The number of hydrogen-bond donors (Lipinski definition) is 3. The first-order valence-corrected chi connectivity index (χ1v) is 7.53. The first kappa shape index (κ1) is 24.6. The molecule has 0 aliphatic heterocycles. The van der Waals surface area contributed by atoms with Gasteiger partial charge >= 0.3 is 0 Å². The second kappa shape index (κ2) is 15.0. The van der Waals surface area contributed by atoms with Crippen LogP contribution in [0.2, 0.25) is 0 Å². The molecule has 3 N–H and O–H groups in total. The molecule has 20 heavy (non-hydrogen) atoms. The number of rotatable bonds is 3. The van der Waals surface area contributed by atoms with Gasteiger partial charge in [-0.2, -0.15) is 8.42 Å². The van der Waals surface area contributed by atoms with Crippen LogP contribution in [0.1, 0.15) is 32.3 Å². The fourth-order valence-electron chi connectivity index (χ4n) is 0.868. The zero-order valence-corrected chi connectivity index (χ0v) is 14.0. The minimum atomic E-state index is -4.02. The van der Waals surface area contributed by atoms with Gasteiger partial charge in [-0.3, -0.25) is 4.55 Å². The van der Waals surface area contributed by atoms with Gasteiger partial charge in [-0.1, -0.05) is 31.0 Å². The Morgan fingerprint density at radius 1 is 1.05 bits per heavy atom. The van der Waals surface area contributed by atoms with Crippen LogP contribution in [0.3, 0.4) is 0 Å². The summed E-state index contributed by atoms with van der Waals surface area (Å²) in [4.78, 5) is -0.0666. The normalized spacial score (nSPS) is 9.30. The Hall–Kier alpha value is -0.431. The van der Waals surface area contributed by atoms with Gasteiger partial charge in [0.05, 0.1) is 4.90 Å². The molecule has 0 spiro atoms. The molecule has 7 heteroatoms. The predicted octanol–water partition coefficient (Wildman–Crippen LogP) is 2.02. The van der Waals surface area contributed by atoms with Crippen molar-refractivity contribution in [2.24, 2.45) is 0 Å². The molecule has 0 atom stereocenters. The summed E-state index contributed by atoms with van der Waals surface area (Å²) in [5.74, 6) is 0. The number of unbranched alkanes of at least 4 members (excludes halogenated alkanes) is 1. The standard InChI is InChI=1S/C7H8O3S.C4H10O.C2H6O.Fe/c1-6-2-4-7(5-3-6)11(8,9)10;1-2-3-4-5;1-2-3;/h2-5H,1H3,(H,8,9,10);5H,2-4H2,1H3;3H,2H2,1H3;. The second-order valence-electron chi connectivity index (χ2n) is 3.68. The topological polar surface area (TPSA) is 94.8 Å². The van der Waals surface area contributed by atoms with Crippen molar-refractivity contribution in [3.63, 3.8) is 0 Å². The third-order valence-corrected chi connectivity index (χ3v) is 2.70. The molecule has 0 aliphatic carbocycles. The summed E-state index contributed by atoms with van der Waals surface area (Å²) in [6.07, 6.45) is 2.04. The van der Waals surface area contributed by atoms with Crippen molar-refractivity contribution < 1.29 is 40.3 Å². The van der Waals surface area contributed by atoms with E-state index in [-0.39, 0.29) is 28.6 Å². The van der Waals surface area contributed by atoms with Crippen LogP contribution >= 0.6 is 0 Å². The number of hydrogen-bond acceptors (Lipinski definition) is 4. The van der Waals surface area contributed by atoms with Gasteiger partial charge in [0.1, 0.15) is 0 Å². The van der Waals surface area contributed by atoms with Gasteiger partial charge in [0.15, 0.2) is 0 Å². The Morgan fingerprint density at radius 3 is 1.65 bits per heavy atom. The fourth-order valence-corrected chi connectivity index (χ4v) is 1.35. The van der Waals surface area contributed by atoms with E-state index in [1.807, 2.05) is 6.92 Å². The average molecular weight is 348 g/mol. The van der Waals surface area contributed by atoms with Gasteiger partial charge in [0.2, 0.25) is 0 Å². The van der Waals surface area contributed by atoms with Gasteiger partial charge in [0, 0.05) is 30.3 Å². The van der Waals surface area contributed by atoms with Crippen LogP contribution in [0, 0.1) is 6.92 Å². The van der Waals surface area contributed by atoms with Crippen molar-refractivity contribution in [2.75, 3.05) is 13.2 Å². The van der Waals surface area contributed by atoms with E-state index in [0.29, 0.717) is 6.61 Å². The van der Waals surface area contributed by atoms with Crippen LogP contribution in [-0.2, 0) is 27.2 Å². The zero-order chi connectivity index (χ0) is 15.3. The van der Waals surface area contributed by atoms with Crippen molar-refractivity contribution in [3.05, 3.63) is 29.8 Å². The third kappa shape index (κ3) is 15.6. The Balaban J connectivity index is -0.000000273. The summed E-state index contributed by atoms with van der Waals surface area (Å²) in [6, 6.07) is 5.99. The van der Waals surface area contributed by atoms with E-state index in [2.05, 4.69) is 6.92 Å². The second-order valence-corrected chi connectivity index (χ2v) is 5.10. The summed E-state index contributed by atoms with van der Waals surface area (Å²) < 4.78 is 29.6. The molecular formula is C13H24FeO5S. The smallest absolute Gasteiger partial charge is 0.294 e. The van der Waals surface area contributed by atoms with Gasteiger partial charge < -0.3 is 10.2 Å². The Bertz CT molecular complexity index is 401. The maximum atomic E-state index is 10.5. The maximum absolute atomic E-state index is 10.5. The summed E-state index contributed by atoms with van der Waals surface area (Å²) in [6.45, 7) is 6.17. The zero-order valence-electron chi connectivity index (χ0n) is 12.1. The number of benzene rings is 1. The number of aliphatic hydroxyl groups is 2.